The minimum Gasteiger partial charge on any atom is -0.507 e. The Morgan fingerprint density at radius 2 is 1.52 bits per heavy atom. The van der Waals surface area contributed by atoms with Gasteiger partial charge >= 0.3 is 0 Å². The van der Waals surface area contributed by atoms with Gasteiger partial charge in [0, 0.05) is 23.4 Å². The fourth-order valence-corrected chi connectivity index (χ4v) is 4.24. The summed E-state index contributed by atoms with van der Waals surface area (Å²) in [5.74, 6) is 0.0414. The van der Waals surface area contributed by atoms with Gasteiger partial charge in [-0.25, -0.2) is 0 Å². The van der Waals surface area contributed by atoms with E-state index in [0.717, 1.165) is 23.3 Å². The third-order valence-electron chi connectivity index (χ3n) is 5.97. The Hall–Kier alpha value is -3.60. The number of benzene rings is 3. The molecule has 0 amide bonds. The fraction of sp³-hybridized carbons (Fsp3) is 0.286. The van der Waals surface area contributed by atoms with E-state index in [4.69, 9.17) is 4.74 Å². The minimum atomic E-state index is -0.338. The van der Waals surface area contributed by atoms with Crippen molar-refractivity contribution in [3.63, 3.8) is 0 Å². The molecule has 5 nitrogen and oxygen atoms in total. The summed E-state index contributed by atoms with van der Waals surface area (Å²) in [5.41, 5.74) is 3.30. The van der Waals surface area contributed by atoms with E-state index in [1.807, 2.05) is 37.3 Å². The van der Waals surface area contributed by atoms with Gasteiger partial charge < -0.3 is 15.2 Å². The zero-order valence-electron chi connectivity index (χ0n) is 19.1. The van der Waals surface area contributed by atoms with Crippen molar-refractivity contribution in [1.82, 2.24) is 0 Å². The molecule has 1 aliphatic carbocycles. The Balaban J connectivity index is 1.60. The number of phenols is 1. The fourth-order valence-electron chi connectivity index (χ4n) is 4.24. The first-order chi connectivity index (χ1) is 16.0. The molecule has 0 unspecified atom stereocenters. The van der Waals surface area contributed by atoms with Gasteiger partial charge in [-0.1, -0.05) is 44.4 Å². The van der Waals surface area contributed by atoms with Gasteiger partial charge in [-0.3, -0.25) is 9.59 Å². The minimum absolute atomic E-state index is 0.0686. The maximum atomic E-state index is 13.4. The van der Waals surface area contributed by atoms with Gasteiger partial charge in [-0.05, 0) is 60.9 Å². The SMILES string of the molecule is CCCCCCOc1ccc(-c2ccc3c(c2)C(=O)c2c(NCC)ccc(O)c2C3=O)cc1. The summed E-state index contributed by atoms with van der Waals surface area (Å²) in [6.45, 7) is 5.40. The first kappa shape index (κ1) is 22.6. The van der Waals surface area contributed by atoms with Crippen LogP contribution >= 0.6 is 0 Å². The molecule has 0 aliphatic heterocycles. The lowest BCUT2D eigenvalue weighted by Crippen LogP contribution is -2.23. The number of anilines is 1. The standard InChI is InChI=1S/C28H29NO4/c1-3-5-6-7-16-33-20-11-8-18(9-12-20)19-10-13-21-22(17-19)28(32)25-23(29-4-2)14-15-24(30)26(25)27(21)31/h8-15,17,29-30H,3-7,16H2,1-2H3. The molecule has 0 bridgehead atoms. The maximum absolute atomic E-state index is 13.4. The van der Waals surface area contributed by atoms with Crippen molar-refractivity contribution in [2.75, 3.05) is 18.5 Å². The average Bonchev–Trinajstić information content (AvgIpc) is 2.83. The second-order valence-electron chi connectivity index (χ2n) is 8.26. The molecule has 0 saturated carbocycles. The number of carbonyl (C=O) groups is 2. The zero-order valence-corrected chi connectivity index (χ0v) is 19.1. The van der Waals surface area contributed by atoms with Gasteiger partial charge in [0.25, 0.3) is 0 Å². The molecular weight excluding hydrogens is 414 g/mol. The van der Waals surface area contributed by atoms with E-state index in [-0.39, 0.29) is 28.4 Å². The quantitative estimate of drug-likeness (QED) is 0.237. The van der Waals surface area contributed by atoms with E-state index in [1.54, 1.807) is 18.2 Å². The van der Waals surface area contributed by atoms with Crippen LogP contribution in [0.25, 0.3) is 11.1 Å². The molecule has 1 aliphatic rings. The number of aromatic hydroxyl groups is 1. The molecule has 0 atom stereocenters. The van der Waals surface area contributed by atoms with Crippen LogP contribution < -0.4 is 10.1 Å². The van der Waals surface area contributed by atoms with Crippen LogP contribution in [0.2, 0.25) is 0 Å². The van der Waals surface area contributed by atoms with E-state index in [9.17, 15) is 14.7 Å². The molecule has 2 N–H and O–H groups in total. The van der Waals surface area contributed by atoms with Crippen molar-refractivity contribution in [3.05, 3.63) is 76.9 Å². The lowest BCUT2D eigenvalue weighted by Gasteiger charge is -2.22. The summed E-state index contributed by atoms with van der Waals surface area (Å²) in [5, 5.41) is 13.4. The molecular formula is C28H29NO4. The van der Waals surface area contributed by atoms with Crippen molar-refractivity contribution >= 4 is 17.3 Å². The van der Waals surface area contributed by atoms with Gasteiger partial charge in [-0.15, -0.1) is 0 Å². The Bertz CT molecular complexity index is 1180. The molecule has 0 radical (unpaired) electrons. The number of ketones is 2. The molecule has 0 heterocycles. The Morgan fingerprint density at radius 1 is 0.788 bits per heavy atom. The van der Waals surface area contributed by atoms with Crippen molar-refractivity contribution in [2.24, 2.45) is 0 Å². The van der Waals surface area contributed by atoms with Crippen LogP contribution in [0.5, 0.6) is 11.5 Å². The molecule has 3 aromatic rings. The third-order valence-corrected chi connectivity index (χ3v) is 5.97. The highest BCUT2D eigenvalue weighted by molar-refractivity contribution is 6.31. The van der Waals surface area contributed by atoms with E-state index in [0.29, 0.717) is 30.0 Å². The van der Waals surface area contributed by atoms with Crippen molar-refractivity contribution in [2.45, 2.75) is 39.5 Å². The zero-order chi connectivity index (χ0) is 23.4. The number of carbonyl (C=O) groups excluding carboxylic acids is 2. The van der Waals surface area contributed by atoms with Crippen molar-refractivity contribution < 1.29 is 19.4 Å². The van der Waals surface area contributed by atoms with Crippen LogP contribution in [0, 0.1) is 0 Å². The Kier molecular flexibility index (Phi) is 6.78. The van der Waals surface area contributed by atoms with Gasteiger partial charge in [0.05, 0.1) is 17.7 Å². The second-order valence-corrected chi connectivity index (χ2v) is 8.26. The summed E-state index contributed by atoms with van der Waals surface area (Å²) in [6.07, 6.45) is 4.64. The summed E-state index contributed by atoms with van der Waals surface area (Å²) >= 11 is 0. The third kappa shape index (κ3) is 4.49. The van der Waals surface area contributed by atoms with Gasteiger partial charge in [0.2, 0.25) is 0 Å². The van der Waals surface area contributed by atoms with Crippen LogP contribution in [0.1, 0.15) is 71.4 Å². The molecule has 3 aromatic carbocycles. The van der Waals surface area contributed by atoms with Gasteiger partial charge in [0.15, 0.2) is 11.6 Å². The molecule has 170 valence electrons. The summed E-state index contributed by atoms with van der Waals surface area (Å²) in [7, 11) is 0. The van der Waals surface area contributed by atoms with E-state index < -0.39 is 0 Å². The van der Waals surface area contributed by atoms with Crippen LogP contribution in [-0.4, -0.2) is 29.8 Å². The number of hydrogen-bond acceptors (Lipinski definition) is 5. The lowest BCUT2D eigenvalue weighted by atomic mass is 9.81. The van der Waals surface area contributed by atoms with Crippen LogP contribution in [0.4, 0.5) is 5.69 Å². The van der Waals surface area contributed by atoms with Gasteiger partial charge in [0.1, 0.15) is 11.5 Å². The molecule has 0 saturated heterocycles. The normalized spacial score (nSPS) is 12.3. The number of hydrogen-bond donors (Lipinski definition) is 2. The number of unbranched alkanes of at least 4 members (excludes halogenated alkanes) is 3. The summed E-state index contributed by atoms with van der Waals surface area (Å²) in [4.78, 5) is 26.5. The Morgan fingerprint density at radius 3 is 2.24 bits per heavy atom. The number of phenolic OH excluding ortho intramolecular Hbond substituents is 1. The molecule has 0 spiro atoms. The first-order valence-corrected chi connectivity index (χ1v) is 11.6. The molecule has 0 fully saturated rings. The summed E-state index contributed by atoms with van der Waals surface area (Å²) < 4.78 is 5.82. The van der Waals surface area contributed by atoms with Crippen molar-refractivity contribution in [1.29, 1.82) is 0 Å². The highest BCUT2D eigenvalue weighted by Crippen LogP contribution is 2.38. The highest BCUT2D eigenvalue weighted by atomic mass is 16.5. The van der Waals surface area contributed by atoms with Crippen LogP contribution in [0.15, 0.2) is 54.6 Å². The van der Waals surface area contributed by atoms with Crippen LogP contribution in [-0.2, 0) is 0 Å². The first-order valence-electron chi connectivity index (χ1n) is 11.6. The predicted molar refractivity (Wildman–Crippen MR) is 131 cm³/mol. The predicted octanol–water partition coefficient (Wildman–Crippen LogP) is 6.23. The average molecular weight is 444 g/mol. The smallest absolute Gasteiger partial charge is 0.198 e. The van der Waals surface area contributed by atoms with Gasteiger partial charge in [-0.2, -0.15) is 0 Å². The molecule has 4 rings (SSSR count). The second kappa shape index (κ2) is 9.90. The van der Waals surface area contributed by atoms with Crippen LogP contribution in [0.3, 0.4) is 0 Å². The molecule has 5 heteroatoms. The number of nitrogens with one attached hydrogen (secondary N) is 1. The number of ether oxygens (including phenoxy) is 1. The summed E-state index contributed by atoms with van der Waals surface area (Å²) in [6, 6.07) is 16.1. The van der Waals surface area contributed by atoms with E-state index in [1.165, 1.54) is 25.3 Å². The topological polar surface area (TPSA) is 75.6 Å². The number of fused-ring (bicyclic) bond motifs is 2. The number of rotatable bonds is 9. The Labute approximate surface area is 194 Å². The highest BCUT2D eigenvalue weighted by Gasteiger charge is 2.34. The molecule has 33 heavy (non-hydrogen) atoms. The maximum Gasteiger partial charge on any atom is 0.198 e. The largest absolute Gasteiger partial charge is 0.507 e. The van der Waals surface area contributed by atoms with E-state index in [2.05, 4.69) is 12.2 Å². The molecule has 0 aromatic heterocycles. The lowest BCUT2D eigenvalue weighted by molar-refractivity contribution is 0.0977. The van der Waals surface area contributed by atoms with E-state index >= 15 is 0 Å². The van der Waals surface area contributed by atoms with Crippen molar-refractivity contribution in [3.8, 4) is 22.6 Å². The monoisotopic (exact) mass is 443 g/mol.